The maximum atomic E-state index is 3.88. The topological polar surface area (TPSA) is 0 Å². The molecule has 0 aromatic rings. The van der Waals surface area contributed by atoms with Crippen LogP contribution in [0.15, 0.2) is 48.1 Å². The largest absolute Gasteiger partial charge is 0.0985 e. The first-order valence-corrected chi connectivity index (χ1v) is 5.30. The first-order valence-electron chi connectivity index (χ1n) is 5.30. The van der Waals surface area contributed by atoms with E-state index in [-0.39, 0.29) is 0 Å². The lowest BCUT2D eigenvalue weighted by molar-refractivity contribution is 1.14. The number of allylic oxidation sites excluding steroid dienone is 6. The predicted octanol–water partition coefficient (Wildman–Crippen LogP) is 5.06. The van der Waals surface area contributed by atoms with Crippen molar-refractivity contribution >= 4 is 0 Å². The molecule has 0 bridgehead atoms. The van der Waals surface area contributed by atoms with Gasteiger partial charge in [0.25, 0.3) is 0 Å². The molecule has 0 aliphatic carbocycles. The molecule has 0 saturated carbocycles. The molecule has 0 unspecified atom stereocenters. The second kappa shape index (κ2) is 10.0. The molecular weight excluding hydrogens is 168 g/mol. The average molecular weight is 192 g/mol. The van der Waals surface area contributed by atoms with E-state index in [0.29, 0.717) is 0 Å². The minimum absolute atomic E-state index is 1.06. The van der Waals surface area contributed by atoms with Crippen molar-refractivity contribution in [2.75, 3.05) is 0 Å². The van der Waals surface area contributed by atoms with Crippen LogP contribution in [0.2, 0.25) is 0 Å². The summed E-state index contributed by atoms with van der Waals surface area (Å²) in [6.07, 6.45) is 7.16. The molecule has 0 nitrogen and oxygen atoms in total. The van der Waals surface area contributed by atoms with E-state index < -0.39 is 0 Å². The van der Waals surface area contributed by atoms with Gasteiger partial charge in [-0.3, -0.25) is 0 Å². The Morgan fingerprint density at radius 2 is 1.79 bits per heavy atom. The Kier molecular flexibility index (Phi) is 11.1. The highest BCUT2D eigenvalue weighted by molar-refractivity contribution is 5.40. The number of hydrogen-bond acceptors (Lipinski definition) is 0. The zero-order valence-corrected chi connectivity index (χ0v) is 10.4. The van der Waals surface area contributed by atoms with Crippen LogP contribution < -0.4 is 0 Å². The molecule has 0 heterocycles. The number of hydrogen-bond donors (Lipinski definition) is 0. The minimum atomic E-state index is 1.06. The van der Waals surface area contributed by atoms with Crippen LogP contribution in [0.25, 0.3) is 0 Å². The molecule has 0 amide bonds. The Morgan fingerprint density at radius 3 is 2.00 bits per heavy atom. The Labute approximate surface area is 89.7 Å². The highest BCUT2D eigenvalue weighted by Gasteiger charge is 1.93. The van der Waals surface area contributed by atoms with Crippen LogP contribution in [0.5, 0.6) is 0 Å². The van der Waals surface area contributed by atoms with E-state index in [9.17, 15) is 0 Å². The Bertz CT molecular complexity index is 226. The first-order chi connectivity index (χ1) is 6.65. The third-order valence-corrected chi connectivity index (χ3v) is 1.83. The molecule has 0 aliphatic heterocycles. The van der Waals surface area contributed by atoms with Gasteiger partial charge in [-0.2, -0.15) is 0 Å². The van der Waals surface area contributed by atoms with Crippen LogP contribution in [0.4, 0.5) is 0 Å². The maximum absolute atomic E-state index is 3.88. The van der Waals surface area contributed by atoms with Gasteiger partial charge in [-0.05, 0) is 25.8 Å². The Balaban J connectivity index is 0. The fourth-order valence-electron chi connectivity index (χ4n) is 0.946. The summed E-state index contributed by atoms with van der Waals surface area (Å²) in [5.41, 5.74) is 3.52. The predicted molar refractivity (Wildman–Crippen MR) is 68.5 cm³/mol. The summed E-state index contributed by atoms with van der Waals surface area (Å²) < 4.78 is 0. The molecule has 0 spiro atoms. The van der Waals surface area contributed by atoms with Crippen molar-refractivity contribution in [3.8, 4) is 0 Å². The zero-order chi connectivity index (χ0) is 11.6. The van der Waals surface area contributed by atoms with E-state index >= 15 is 0 Å². The summed E-state index contributed by atoms with van der Waals surface area (Å²) in [4.78, 5) is 0. The molecule has 14 heavy (non-hydrogen) atoms. The second-order valence-corrected chi connectivity index (χ2v) is 2.80. The molecule has 80 valence electrons. The van der Waals surface area contributed by atoms with Crippen LogP contribution in [-0.2, 0) is 0 Å². The van der Waals surface area contributed by atoms with E-state index in [1.807, 2.05) is 26.8 Å². The van der Waals surface area contributed by atoms with Gasteiger partial charge in [-0.15, -0.1) is 0 Å². The maximum Gasteiger partial charge on any atom is -0.0237 e. The van der Waals surface area contributed by atoms with Crippen molar-refractivity contribution in [3.05, 3.63) is 48.1 Å². The minimum Gasteiger partial charge on any atom is -0.0985 e. The van der Waals surface area contributed by atoms with E-state index in [1.54, 1.807) is 0 Å². The van der Waals surface area contributed by atoms with Crippen LogP contribution in [0.1, 0.15) is 41.0 Å². The highest BCUT2D eigenvalue weighted by Crippen LogP contribution is 2.13. The molecule has 0 aromatic carbocycles. The third kappa shape index (κ3) is 6.47. The van der Waals surface area contributed by atoms with Gasteiger partial charge in [0.05, 0.1) is 0 Å². The van der Waals surface area contributed by atoms with Gasteiger partial charge in [-0.1, -0.05) is 63.3 Å². The average Bonchev–Trinajstić information content (AvgIpc) is 2.22. The highest BCUT2D eigenvalue weighted by atomic mass is 14.0. The monoisotopic (exact) mass is 192 g/mol. The molecule has 0 fully saturated rings. The van der Waals surface area contributed by atoms with Crippen molar-refractivity contribution in [1.29, 1.82) is 0 Å². The van der Waals surface area contributed by atoms with Crippen LogP contribution in [0.3, 0.4) is 0 Å². The van der Waals surface area contributed by atoms with Crippen molar-refractivity contribution in [2.45, 2.75) is 41.0 Å². The number of rotatable bonds is 4. The van der Waals surface area contributed by atoms with E-state index in [4.69, 9.17) is 0 Å². The standard InChI is InChI=1S/C12H18.C2H6/c1-6-11(7-2)9-12(8-3)10(4)5;1-2/h6,8-9H,3-4,7H2,1-2,5H3;1-2H3/b11-6-,12-9+;. The van der Waals surface area contributed by atoms with Crippen molar-refractivity contribution in [2.24, 2.45) is 0 Å². The summed E-state index contributed by atoms with van der Waals surface area (Å²) in [7, 11) is 0. The van der Waals surface area contributed by atoms with Gasteiger partial charge in [0.15, 0.2) is 0 Å². The summed E-state index contributed by atoms with van der Waals surface area (Å²) in [5.74, 6) is 0. The molecule has 0 radical (unpaired) electrons. The normalized spacial score (nSPS) is 11.5. The van der Waals surface area contributed by atoms with E-state index in [1.165, 1.54) is 5.57 Å². The molecule has 0 aromatic heterocycles. The van der Waals surface area contributed by atoms with Gasteiger partial charge < -0.3 is 0 Å². The molecular formula is C14H24. The third-order valence-electron chi connectivity index (χ3n) is 1.83. The zero-order valence-electron chi connectivity index (χ0n) is 10.4. The van der Waals surface area contributed by atoms with Gasteiger partial charge in [0.2, 0.25) is 0 Å². The SMILES string of the molecule is C=C/C(=C\C(=C/C)CC)C(=C)C.CC. The van der Waals surface area contributed by atoms with Crippen molar-refractivity contribution in [3.63, 3.8) is 0 Å². The first kappa shape index (κ1) is 15.4. The van der Waals surface area contributed by atoms with Gasteiger partial charge in [0.1, 0.15) is 0 Å². The summed E-state index contributed by atoms with van der Waals surface area (Å²) >= 11 is 0. The van der Waals surface area contributed by atoms with Crippen LogP contribution in [-0.4, -0.2) is 0 Å². The summed E-state index contributed by atoms with van der Waals surface area (Å²) in [5, 5.41) is 0. The van der Waals surface area contributed by atoms with E-state index in [2.05, 4.69) is 39.2 Å². The van der Waals surface area contributed by atoms with Crippen molar-refractivity contribution < 1.29 is 0 Å². The smallest absolute Gasteiger partial charge is 0.0237 e. The fraction of sp³-hybridized carbons (Fsp3) is 0.429. The van der Waals surface area contributed by atoms with E-state index in [0.717, 1.165) is 17.6 Å². The quantitative estimate of drug-likeness (QED) is 0.546. The second-order valence-electron chi connectivity index (χ2n) is 2.80. The summed E-state index contributed by atoms with van der Waals surface area (Å²) in [6, 6.07) is 0. The Morgan fingerprint density at radius 1 is 1.29 bits per heavy atom. The molecule has 0 heteroatoms. The Hall–Kier alpha value is -1.04. The van der Waals surface area contributed by atoms with Gasteiger partial charge in [-0.25, -0.2) is 0 Å². The molecule has 0 N–H and O–H groups in total. The lowest BCUT2D eigenvalue weighted by atomic mass is 10.0. The molecule has 0 atom stereocenters. The van der Waals surface area contributed by atoms with Crippen LogP contribution >= 0.6 is 0 Å². The molecule has 0 aliphatic rings. The van der Waals surface area contributed by atoms with Gasteiger partial charge in [0, 0.05) is 0 Å². The molecule has 0 saturated heterocycles. The molecule has 0 rings (SSSR count). The van der Waals surface area contributed by atoms with Crippen LogP contribution in [0, 0.1) is 0 Å². The van der Waals surface area contributed by atoms with Gasteiger partial charge >= 0.3 is 0 Å². The fourth-order valence-corrected chi connectivity index (χ4v) is 0.946. The van der Waals surface area contributed by atoms with Crippen molar-refractivity contribution in [1.82, 2.24) is 0 Å². The lowest BCUT2D eigenvalue weighted by Crippen LogP contribution is -1.81. The summed E-state index contributed by atoms with van der Waals surface area (Å²) in [6.45, 7) is 17.8. The lowest BCUT2D eigenvalue weighted by Gasteiger charge is -2.01.